The maximum absolute atomic E-state index is 12.0. The molecule has 0 saturated carbocycles. The van der Waals surface area contributed by atoms with Gasteiger partial charge < -0.3 is 10.1 Å². The van der Waals surface area contributed by atoms with Crippen LogP contribution < -0.4 is 10.6 Å². The van der Waals surface area contributed by atoms with Gasteiger partial charge in [-0.15, -0.1) is 0 Å². The summed E-state index contributed by atoms with van der Waals surface area (Å²) in [6.07, 6.45) is 0.240. The number of rotatable bonds is 7. The first kappa shape index (κ1) is 18.5. The van der Waals surface area contributed by atoms with Crippen molar-refractivity contribution in [3.8, 4) is 0 Å². The van der Waals surface area contributed by atoms with Crippen molar-refractivity contribution >= 4 is 17.7 Å². The number of benzene rings is 2. The van der Waals surface area contributed by atoms with E-state index < -0.39 is 6.09 Å². The molecule has 0 spiro atoms. The Kier molecular flexibility index (Phi) is 7.01. The number of carbonyl (C=O) groups is 2. The third-order valence-electron chi connectivity index (χ3n) is 3.80. The largest absolute Gasteiger partial charge is 0.444 e. The molecule has 5 nitrogen and oxygen atoms in total. The standard InChI is InChI=1S/C20H24N2O3/c1-3-17(21-18-11-9-15(2)10-12-18)13-19(23)22-20(24)25-14-16-7-5-4-6-8-16/h4-12,17,21H,3,13-14H2,1-2H3,(H,22,23,24)/t17-/m1/s1. The molecule has 2 rings (SSSR count). The van der Waals surface area contributed by atoms with Gasteiger partial charge in [-0.05, 0) is 31.0 Å². The Morgan fingerprint density at radius 2 is 1.72 bits per heavy atom. The molecule has 0 bridgehead atoms. The smallest absolute Gasteiger partial charge is 0.414 e. The number of amides is 2. The maximum atomic E-state index is 12.0. The van der Waals surface area contributed by atoms with Crippen LogP contribution in [0.5, 0.6) is 0 Å². The molecule has 1 atom stereocenters. The van der Waals surface area contributed by atoms with Gasteiger partial charge in [0.25, 0.3) is 0 Å². The van der Waals surface area contributed by atoms with Gasteiger partial charge in [0.05, 0.1) is 0 Å². The van der Waals surface area contributed by atoms with Crippen LogP contribution in [0.2, 0.25) is 0 Å². The van der Waals surface area contributed by atoms with Crippen LogP contribution in [0, 0.1) is 6.92 Å². The van der Waals surface area contributed by atoms with Gasteiger partial charge in [0, 0.05) is 18.2 Å². The number of anilines is 1. The minimum Gasteiger partial charge on any atom is -0.444 e. The summed E-state index contributed by atoms with van der Waals surface area (Å²) in [4.78, 5) is 23.7. The van der Waals surface area contributed by atoms with Gasteiger partial charge in [-0.25, -0.2) is 4.79 Å². The third-order valence-corrected chi connectivity index (χ3v) is 3.80. The Morgan fingerprint density at radius 3 is 2.36 bits per heavy atom. The van der Waals surface area contributed by atoms with Crippen molar-refractivity contribution in [2.75, 3.05) is 5.32 Å². The minimum absolute atomic E-state index is 0.0513. The zero-order valence-electron chi connectivity index (χ0n) is 14.6. The summed E-state index contributed by atoms with van der Waals surface area (Å²) in [5.41, 5.74) is 3.01. The van der Waals surface area contributed by atoms with Crippen molar-refractivity contribution in [1.82, 2.24) is 5.32 Å². The summed E-state index contributed by atoms with van der Waals surface area (Å²) >= 11 is 0. The first-order chi connectivity index (χ1) is 12.1. The second-order valence-corrected chi connectivity index (χ2v) is 5.93. The lowest BCUT2D eigenvalue weighted by Gasteiger charge is -2.18. The van der Waals surface area contributed by atoms with Crippen LogP contribution in [-0.4, -0.2) is 18.0 Å². The summed E-state index contributed by atoms with van der Waals surface area (Å²) < 4.78 is 5.05. The fourth-order valence-electron chi connectivity index (χ4n) is 2.33. The molecule has 5 heteroatoms. The van der Waals surface area contributed by atoms with E-state index in [9.17, 15) is 9.59 Å². The second kappa shape index (κ2) is 9.47. The summed E-state index contributed by atoms with van der Waals surface area (Å²) in [7, 11) is 0. The number of ether oxygens (including phenoxy) is 1. The Hall–Kier alpha value is -2.82. The average molecular weight is 340 g/mol. The monoisotopic (exact) mass is 340 g/mol. The lowest BCUT2D eigenvalue weighted by Crippen LogP contribution is -2.35. The van der Waals surface area contributed by atoms with E-state index >= 15 is 0 Å². The number of nitrogens with one attached hydrogen (secondary N) is 2. The van der Waals surface area contributed by atoms with Crippen LogP contribution >= 0.6 is 0 Å². The summed E-state index contributed by atoms with van der Waals surface area (Å²) in [5, 5.41) is 5.57. The quantitative estimate of drug-likeness (QED) is 0.798. The van der Waals surface area contributed by atoms with Crippen LogP contribution in [0.15, 0.2) is 54.6 Å². The average Bonchev–Trinajstić information content (AvgIpc) is 2.62. The fourth-order valence-corrected chi connectivity index (χ4v) is 2.33. The van der Waals surface area contributed by atoms with Crippen LogP contribution in [0.4, 0.5) is 10.5 Å². The van der Waals surface area contributed by atoms with Crippen LogP contribution in [0.1, 0.15) is 30.9 Å². The van der Waals surface area contributed by atoms with E-state index in [1.807, 2.05) is 68.4 Å². The number of carbonyl (C=O) groups excluding carboxylic acids is 2. The van der Waals surface area contributed by atoms with Gasteiger partial charge in [-0.3, -0.25) is 10.1 Å². The predicted octanol–water partition coefficient (Wildman–Crippen LogP) is 4.03. The number of hydrogen-bond donors (Lipinski definition) is 2. The van der Waals surface area contributed by atoms with Gasteiger partial charge >= 0.3 is 6.09 Å². The molecule has 0 saturated heterocycles. The molecule has 132 valence electrons. The highest BCUT2D eigenvalue weighted by Crippen LogP contribution is 2.13. The maximum Gasteiger partial charge on any atom is 0.414 e. The summed E-state index contributed by atoms with van der Waals surface area (Å²) in [6.45, 7) is 4.15. The van der Waals surface area contributed by atoms with Crippen molar-refractivity contribution < 1.29 is 14.3 Å². The predicted molar refractivity (Wildman–Crippen MR) is 98.3 cm³/mol. The molecule has 25 heavy (non-hydrogen) atoms. The first-order valence-corrected chi connectivity index (χ1v) is 8.40. The molecule has 0 radical (unpaired) electrons. The van der Waals surface area contributed by atoms with Crippen molar-refractivity contribution in [1.29, 1.82) is 0 Å². The molecule has 2 amide bonds. The fraction of sp³-hybridized carbons (Fsp3) is 0.300. The van der Waals surface area contributed by atoms with E-state index in [1.165, 1.54) is 5.56 Å². The Bertz CT molecular complexity index is 684. The lowest BCUT2D eigenvalue weighted by atomic mass is 10.1. The van der Waals surface area contributed by atoms with E-state index in [-0.39, 0.29) is 25.0 Å². The van der Waals surface area contributed by atoms with E-state index in [2.05, 4.69) is 10.6 Å². The zero-order chi connectivity index (χ0) is 18.1. The van der Waals surface area contributed by atoms with E-state index in [4.69, 9.17) is 4.74 Å². The number of imide groups is 1. The third kappa shape index (κ3) is 6.67. The van der Waals surface area contributed by atoms with Crippen molar-refractivity contribution in [3.63, 3.8) is 0 Å². The number of alkyl carbamates (subject to hydrolysis) is 1. The molecular formula is C20H24N2O3. The van der Waals surface area contributed by atoms with Crippen LogP contribution in [0.25, 0.3) is 0 Å². The number of aryl methyl sites for hydroxylation is 1. The molecule has 2 N–H and O–H groups in total. The molecule has 0 aromatic heterocycles. The van der Waals surface area contributed by atoms with Gasteiger partial charge in [0.2, 0.25) is 5.91 Å². The summed E-state index contributed by atoms with van der Waals surface area (Å²) in [6, 6.07) is 17.2. The van der Waals surface area contributed by atoms with Crippen molar-refractivity contribution in [2.45, 2.75) is 39.3 Å². The molecule has 2 aromatic carbocycles. The molecule has 2 aromatic rings. The van der Waals surface area contributed by atoms with E-state index in [0.29, 0.717) is 0 Å². The van der Waals surface area contributed by atoms with E-state index in [0.717, 1.165) is 17.7 Å². The first-order valence-electron chi connectivity index (χ1n) is 8.40. The molecule has 0 unspecified atom stereocenters. The Labute approximate surface area is 148 Å². The number of hydrogen-bond acceptors (Lipinski definition) is 4. The molecule has 0 fully saturated rings. The molecule has 0 aliphatic heterocycles. The van der Waals surface area contributed by atoms with Gasteiger partial charge in [0.1, 0.15) is 6.61 Å². The van der Waals surface area contributed by atoms with Crippen molar-refractivity contribution in [2.24, 2.45) is 0 Å². The highest BCUT2D eigenvalue weighted by molar-refractivity contribution is 5.92. The van der Waals surface area contributed by atoms with Crippen LogP contribution in [0.3, 0.4) is 0 Å². The topological polar surface area (TPSA) is 67.4 Å². The van der Waals surface area contributed by atoms with Gasteiger partial charge in [-0.2, -0.15) is 0 Å². The highest BCUT2D eigenvalue weighted by atomic mass is 16.5. The Balaban J connectivity index is 1.76. The molecule has 0 heterocycles. The second-order valence-electron chi connectivity index (χ2n) is 5.93. The zero-order valence-corrected chi connectivity index (χ0v) is 14.6. The van der Waals surface area contributed by atoms with Gasteiger partial charge in [-0.1, -0.05) is 55.0 Å². The molecule has 0 aliphatic rings. The SMILES string of the molecule is CC[C@H](CC(=O)NC(=O)OCc1ccccc1)Nc1ccc(C)cc1. The Morgan fingerprint density at radius 1 is 1.04 bits per heavy atom. The minimum atomic E-state index is -0.723. The molecular weight excluding hydrogens is 316 g/mol. The highest BCUT2D eigenvalue weighted by Gasteiger charge is 2.15. The van der Waals surface area contributed by atoms with Crippen LogP contribution in [-0.2, 0) is 16.1 Å². The normalized spacial score (nSPS) is 11.4. The van der Waals surface area contributed by atoms with Gasteiger partial charge in [0.15, 0.2) is 0 Å². The lowest BCUT2D eigenvalue weighted by molar-refractivity contribution is -0.120. The molecule has 0 aliphatic carbocycles. The summed E-state index contributed by atoms with van der Waals surface area (Å²) in [5.74, 6) is -0.357. The van der Waals surface area contributed by atoms with E-state index in [1.54, 1.807) is 0 Å². The van der Waals surface area contributed by atoms with Crippen molar-refractivity contribution in [3.05, 3.63) is 65.7 Å².